The zero-order valence-electron chi connectivity index (χ0n) is 11.8. The number of rotatable bonds is 6. The number of hydrogen-bond acceptors (Lipinski definition) is 3. The van der Waals surface area contributed by atoms with Crippen molar-refractivity contribution in [3.8, 4) is 0 Å². The maximum absolute atomic E-state index is 12.3. The first-order valence-corrected chi connectivity index (χ1v) is 7.09. The van der Waals surface area contributed by atoms with Gasteiger partial charge in [0.15, 0.2) is 0 Å². The van der Waals surface area contributed by atoms with E-state index >= 15 is 0 Å². The van der Waals surface area contributed by atoms with Gasteiger partial charge in [-0.05, 0) is 25.2 Å². The van der Waals surface area contributed by atoms with E-state index in [1.54, 1.807) is 6.92 Å². The Balaban J connectivity index is 1.94. The van der Waals surface area contributed by atoms with Gasteiger partial charge in [0.05, 0.1) is 6.61 Å². The lowest BCUT2D eigenvalue weighted by molar-refractivity contribution is -0.176. The highest BCUT2D eigenvalue weighted by Gasteiger charge is 2.47. The molecule has 1 aliphatic carbocycles. The van der Waals surface area contributed by atoms with E-state index in [4.69, 9.17) is 0 Å². The van der Waals surface area contributed by atoms with E-state index < -0.39 is 24.9 Å². The lowest BCUT2D eigenvalue weighted by atomic mass is 10.0. The average molecular weight is 308 g/mol. The molecule has 8 heteroatoms. The van der Waals surface area contributed by atoms with Crippen LogP contribution in [0.25, 0.3) is 0 Å². The minimum absolute atomic E-state index is 0.0139. The number of amides is 2. The van der Waals surface area contributed by atoms with Gasteiger partial charge in [-0.2, -0.15) is 13.2 Å². The highest BCUT2D eigenvalue weighted by molar-refractivity contribution is 5.97. The van der Waals surface area contributed by atoms with E-state index in [9.17, 15) is 22.8 Å². The molecule has 0 radical (unpaired) electrons. The molecule has 0 aromatic heterocycles. The van der Waals surface area contributed by atoms with Crippen molar-refractivity contribution in [2.45, 2.75) is 44.4 Å². The Hall–Kier alpha value is -1.31. The van der Waals surface area contributed by atoms with Gasteiger partial charge >= 0.3 is 6.18 Å². The zero-order valence-corrected chi connectivity index (χ0v) is 11.8. The number of halogens is 3. The van der Waals surface area contributed by atoms with Gasteiger partial charge in [-0.15, -0.1) is 0 Å². The van der Waals surface area contributed by atoms with Crippen LogP contribution >= 0.6 is 0 Å². The van der Waals surface area contributed by atoms with Crippen LogP contribution in [0, 0.1) is 5.92 Å². The highest BCUT2D eigenvalue weighted by Crippen LogP contribution is 2.37. The third kappa shape index (κ3) is 4.09. The first-order chi connectivity index (χ1) is 9.83. The van der Waals surface area contributed by atoms with Crippen LogP contribution in [0.1, 0.15) is 26.2 Å². The van der Waals surface area contributed by atoms with Gasteiger partial charge < -0.3 is 15.0 Å². The molecule has 0 aromatic rings. The predicted octanol–water partition coefficient (Wildman–Crippen LogP) is 1.08. The van der Waals surface area contributed by atoms with E-state index in [1.165, 1.54) is 4.90 Å². The summed E-state index contributed by atoms with van der Waals surface area (Å²) in [6.07, 6.45) is -2.20. The second kappa shape index (κ2) is 6.21. The molecule has 1 saturated carbocycles. The molecule has 120 valence electrons. The fourth-order valence-electron chi connectivity index (χ4n) is 2.55. The average Bonchev–Trinajstić information content (AvgIpc) is 3.20. The zero-order chi connectivity index (χ0) is 15.6. The summed E-state index contributed by atoms with van der Waals surface area (Å²) in [6.45, 7) is 0.226. The Morgan fingerprint density at radius 2 is 2.00 bits per heavy atom. The van der Waals surface area contributed by atoms with Crippen molar-refractivity contribution in [1.82, 2.24) is 10.2 Å². The predicted molar refractivity (Wildman–Crippen MR) is 67.3 cm³/mol. The molecule has 1 N–H and O–H groups in total. The molecular formula is C13H19F3N2O3. The standard InChI is InChI=1S/C13H19F3N2O3/c1-2-9-12(20)18(5-6-21-7-13(14,15)16)10(8-3-4-8)11(19)17-9/h8-10H,2-7H2,1H3,(H,17,19). The third-order valence-electron chi connectivity index (χ3n) is 3.72. The van der Waals surface area contributed by atoms with Crippen molar-refractivity contribution in [2.24, 2.45) is 5.92 Å². The summed E-state index contributed by atoms with van der Waals surface area (Å²) in [5, 5.41) is 2.68. The van der Waals surface area contributed by atoms with Gasteiger partial charge in [-0.1, -0.05) is 6.92 Å². The van der Waals surface area contributed by atoms with Crippen molar-refractivity contribution in [3.63, 3.8) is 0 Å². The maximum Gasteiger partial charge on any atom is 0.411 e. The molecule has 2 aliphatic rings. The summed E-state index contributed by atoms with van der Waals surface area (Å²) in [5.41, 5.74) is 0. The van der Waals surface area contributed by atoms with Gasteiger partial charge in [0.1, 0.15) is 18.7 Å². The summed E-state index contributed by atoms with van der Waals surface area (Å²) in [6, 6.07) is -1.15. The molecule has 2 unspecified atom stereocenters. The number of nitrogens with one attached hydrogen (secondary N) is 1. The lowest BCUT2D eigenvalue weighted by Gasteiger charge is -2.39. The number of alkyl halides is 3. The van der Waals surface area contributed by atoms with Gasteiger partial charge in [0, 0.05) is 6.54 Å². The molecule has 2 fully saturated rings. The van der Waals surface area contributed by atoms with Crippen LogP contribution in [0.5, 0.6) is 0 Å². The fraction of sp³-hybridized carbons (Fsp3) is 0.846. The van der Waals surface area contributed by atoms with Crippen molar-refractivity contribution in [2.75, 3.05) is 19.8 Å². The normalized spacial score (nSPS) is 27.0. The Morgan fingerprint density at radius 1 is 1.33 bits per heavy atom. The first-order valence-electron chi connectivity index (χ1n) is 7.09. The van der Waals surface area contributed by atoms with E-state index in [2.05, 4.69) is 10.1 Å². The van der Waals surface area contributed by atoms with Crippen LogP contribution in [0.2, 0.25) is 0 Å². The van der Waals surface area contributed by atoms with Crippen LogP contribution in [0.4, 0.5) is 13.2 Å². The van der Waals surface area contributed by atoms with Gasteiger partial charge in [0.25, 0.3) is 0 Å². The highest BCUT2D eigenvalue weighted by atomic mass is 19.4. The van der Waals surface area contributed by atoms with Crippen molar-refractivity contribution in [3.05, 3.63) is 0 Å². The number of hydrogen-bond donors (Lipinski definition) is 1. The number of carbonyl (C=O) groups excluding carboxylic acids is 2. The summed E-state index contributed by atoms with van der Waals surface area (Å²) >= 11 is 0. The first kappa shape index (κ1) is 16.1. The lowest BCUT2D eigenvalue weighted by Crippen LogP contribution is -2.64. The maximum atomic E-state index is 12.3. The van der Waals surface area contributed by atoms with Crippen LogP contribution in [0.3, 0.4) is 0 Å². The molecule has 0 aromatic carbocycles. The molecule has 0 spiro atoms. The minimum Gasteiger partial charge on any atom is -0.370 e. The molecule has 1 saturated heterocycles. The van der Waals surface area contributed by atoms with Crippen LogP contribution in [-0.4, -0.2) is 54.7 Å². The van der Waals surface area contributed by atoms with E-state index in [0.29, 0.717) is 6.42 Å². The van der Waals surface area contributed by atoms with Gasteiger partial charge in [0.2, 0.25) is 11.8 Å². The Labute approximate surface area is 120 Å². The molecule has 2 rings (SSSR count). The Kier molecular flexibility index (Phi) is 4.75. The van der Waals surface area contributed by atoms with E-state index in [0.717, 1.165) is 12.8 Å². The summed E-state index contributed by atoms with van der Waals surface area (Å²) in [5.74, 6) is -0.321. The molecule has 21 heavy (non-hydrogen) atoms. The fourth-order valence-corrected chi connectivity index (χ4v) is 2.55. The van der Waals surface area contributed by atoms with Gasteiger partial charge in [-0.3, -0.25) is 9.59 Å². The van der Waals surface area contributed by atoms with E-state index in [-0.39, 0.29) is 30.9 Å². The topological polar surface area (TPSA) is 58.6 Å². The number of ether oxygens (including phenoxy) is 1. The second-order valence-electron chi connectivity index (χ2n) is 5.45. The monoisotopic (exact) mass is 308 g/mol. The molecule has 2 amide bonds. The summed E-state index contributed by atoms with van der Waals surface area (Å²) in [4.78, 5) is 25.7. The molecule has 1 heterocycles. The largest absolute Gasteiger partial charge is 0.411 e. The third-order valence-corrected chi connectivity index (χ3v) is 3.72. The number of piperazine rings is 1. The van der Waals surface area contributed by atoms with Crippen LogP contribution in [-0.2, 0) is 14.3 Å². The summed E-state index contributed by atoms with van der Waals surface area (Å²) < 4.78 is 40.6. The van der Waals surface area contributed by atoms with Crippen molar-refractivity contribution < 1.29 is 27.5 Å². The van der Waals surface area contributed by atoms with Crippen LogP contribution < -0.4 is 5.32 Å². The summed E-state index contributed by atoms with van der Waals surface area (Å²) in [7, 11) is 0. The number of carbonyl (C=O) groups is 2. The van der Waals surface area contributed by atoms with Crippen molar-refractivity contribution >= 4 is 11.8 Å². The SMILES string of the molecule is CCC1NC(=O)C(C2CC2)N(CCOCC(F)(F)F)C1=O. The van der Waals surface area contributed by atoms with E-state index in [1.807, 2.05) is 0 Å². The second-order valence-corrected chi connectivity index (χ2v) is 5.45. The molecule has 5 nitrogen and oxygen atoms in total. The minimum atomic E-state index is -4.38. The Morgan fingerprint density at radius 3 is 2.52 bits per heavy atom. The molecule has 0 bridgehead atoms. The molecule has 1 aliphatic heterocycles. The number of nitrogens with zero attached hydrogens (tertiary/aromatic N) is 1. The smallest absolute Gasteiger partial charge is 0.370 e. The quantitative estimate of drug-likeness (QED) is 0.747. The van der Waals surface area contributed by atoms with Gasteiger partial charge in [-0.25, -0.2) is 0 Å². The molecule has 2 atom stereocenters. The van der Waals surface area contributed by atoms with Crippen molar-refractivity contribution in [1.29, 1.82) is 0 Å². The molecular weight excluding hydrogens is 289 g/mol. The van der Waals surface area contributed by atoms with Crippen LogP contribution in [0.15, 0.2) is 0 Å². The Bertz CT molecular complexity index is 410.